The third-order valence-electron chi connectivity index (χ3n) is 6.94. The number of alkyl halides is 3. The van der Waals surface area contributed by atoms with Crippen molar-refractivity contribution in [1.29, 1.82) is 0 Å². The van der Waals surface area contributed by atoms with E-state index in [0.717, 1.165) is 34.3 Å². The zero-order valence-corrected chi connectivity index (χ0v) is 20.2. The number of hydrogen-bond donors (Lipinski definition) is 1. The Balaban J connectivity index is 0.00000204. The van der Waals surface area contributed by atoms with Crippen LogP contribution in [0, 0.1) is 6.92 Å². The van der Waals surface area contributed by atoms with Crippen LogP contribution in [0.3, 0.4) is 0 Å². The Morgan fingerprint density at radius 2 is 1.32 bits per heavy atom. The predicted octanol–water partition coefficient (Wildman–Crippen LogP) is 1.98. The van der Waals surface area contributed by atoms with Gasteiger partial charge >= 0.3 is 12.1 Å². The Labute approximate surface area is 209 Å². The summed E-state index contributed by atoms with van der Waals surface area (Å²) in [4.78, 5) is 13.4. The molecule has 2 aromatic carbocycles. The van der Waals surface area contributed by atoms with E-state index in [0.29, 0.717) is 12.8 Å². The minimum absolute atomic E-state index is 0. The standard InChI is InChI=1S/C25H27F3NO3.CH4.BrH/c1-16-4-6-17(7-5-16)24(31,18-8-10-19(11-9-18)25(26,27)28)23(30)32-22-14-20-12-13-21(15-22)29(20,2)3;;/h4-13,20-22,31H,14-15H2,1-3H3;1H4;1H/q+1;;/p-1/t20-,21?,22?,24?;;/m1../s1. The van der Waals surface area contributed by atoms with Gasteiger partial charge in [0.1, 0.15) is 18.2 Å². The van der Waals surface area contributed by atoms with Gasteiger partial charge in [0.15, 0.2) is 0 Å². The SMILES string of the molecule is C.Cc1ccc(C(O)(C(=O)OC2CC3C=C[C@H](C2)[N+]3(C)C)c2ccc(C(F)(F)F)cc2)cc1.[Br-]. The second-order valence-corrected chi connectivity index (χ2v) is 9.30. The number of carbonyl (C=O) groups excluding carboxylic acids is 1. The largest absolute Gasteiger partial charge is 1.00 e. The van der Waals surface area contributed by atoms with Gasteiger partial charge in [-0.05, 0) is 42.3 Å². The normalized spacial score (nSPS) is 24.4. The Hall–Kier alpha value is -2.16. The number of ether oxygens (including phenoxy) is 1. The average molecular weight is 542 g/mol. The minimum Gasteiger partial charge on any atom is -1.00 e. The topological polar surface area (TPSA) is 46.5 Å². The molecule has 0 spiro atoms. The summed E-state index contributed by atoms with van der Waals surface area (Å²) in [6, 6.07) is 11.1. The summed E-state index contributed by atoms with van der Waals surface area (Å²) in [6.45, 7) is 1.87. The van der Waals surface area contributed by atoms with E-state index in [2.05, 4.69) is 26.2 Å². The van der Waals surface area contributed by atoms with E-state index < -0.39 is 23.3 Å². The molecular formula is C26H31BrF3NO3. The van der Waals surface area contributed by atoms with Crippen LogP contribution in [0.25, 0.3) is 0 Å². The van der Waals surface area contributed by atoms with Crippen LogP contribution in [0.15, 0.2) is 60.7 Å². The molecule has 3 unspecified atom stereocenters. The highest BCUT2D eigenvalue weighted by molar-refractivity contribution is 5.85. The number of quaternary nitrogens is 1. The maximum absolute atomic E-state index is 13.4. The quantitative estimate of drug-likeness (QED) is 0.366. The van der Waals surface area contributed by atoms with E-state index in [1.165, 1.54) is 0 Å². The van der Waals surface area contributed by atoms with Gasteiger partial charge < -0.3 is 31.3 Å². The van der Waals surface area contributed by atoms with Crippen LogP contribution < -0.4 is 17.0 Å². The molecule has 1 fully saturated rings. The molecule has 2 aliphatic heterocycles. The number of esters is 1. The molecule has 2 aromatic rings. The monoisotopic (exact) mass is 541 g/mol. The number of nitrogens with zero attached hydrogens (tertiary/aromatic N) is 1. The third kappa shape index (κ3) is 4.95. The van der Waals surface area contributed by atoms with E-state index >= 15 is 0 Å². The summed E-state index contributed by atoms with van der Waals surface area (Å²) in [6.07, 6.45) is 0.637. The molecular weight excluding hydrogens is 511 g/mol. The van der Waals surface area contributed by atoms with E-state index in [1.807, 2.05) is 6.92 Å². The molecule has 186 valence electrons. The summed E-state index contributed by atoms with van der Waals surface area (Å²) >= 11 is 0. The number of aliphatic hydroxyl groups is 1. The van der Waals surface area contributed by atoms with Gasteiger partial charge in [0, 0.05) is 12.8 Å². The van der Waals surface area contributed by atoms with Crippen LogP contribution in [-0.2, 0) is 21.3 Å². The van der Waals surface area contributed by atoms with Crippen LogP contribution in [0.4, 0.5) is 13.2 Å². The molecule has 1 saturated heterocycles. The molecule has 4 atom stereocenters. The summed E-state index contributed by atoms with van der Waals surface area (Å²) in [5, 5.41) is 11.6. The predicted molar refractivity (Wildman–Crippen MR) is 120 cm³/mol. The number of rotatable bonds is 4. The van der Waals surface area contributed by atoms with E-state index in [1.54, 1.807) is 24.3 Å². The zero-order chi connectivity index (χ0) is 23.3. The van der Waals surface area contributed by atoms with Crippen LogP contribution in [0.1, 0.15) is 42.5 Å². The van der Waals surface area contributed by atoms with Crippen molar-refractivity contribution in [2.24, 2.45) is 0 Å². The fourth-order valence-corrected chi connectivity index (χ4v) is 4.71. The molecule has 0 aliphatic carbocycles. The molecule has 1 N–H and O–H groups in total. The van der Waals surface area contributed by atoms with Gasteiger partial charge in [0.25, 0.3) is 0 Å². The van der Waals surface area contributed by atoms with Gasteiger partial charge in [-0.15, -0.1) is 0 Å². The molecule has 34 heavy (non-hydrogen) atoms. The van der Waals surface area contributed by atoms with E-state index in [-0.39, 0.29) is 53.7 Å². The maximum Gasteiger partial charge on any atom is 0.416 e. The summed E-state index contributed by atoms with van der Waals surface area (Å²) in [5.41, 5.74) is -1.86. The van der Waals surface area contributed by atoms with Gasteiger partial charge in [0.05, 0.1) is 19.7 Å². The molecule has 2 bridgehead atoms. The molecule has 0 aromatic heterocycles. The first-order valence-electron chi connectivity index (χ1n) is 10.6. The Morgan fingerprint density at radius 3 is 1.76 bits per heavy atom. The van der Waals surface area contributed by atoms with Gasteiger partial charge in [0.2, 0.25) is 5.60 Å². The molecule has 2 heterocycles. The second-order valence-electron chi connectivity index (χ2n) is 9.30. The second kappa shape index (κ2) is 9.84. The Bertz CT molecular complexity index is 1020. The first kappa shape index (κ1) is 28.1. The van der Waals surface area contributed by atoms with Crippen molar-refractivity contribution < 1.29 is 49.3 Å². The molecule has 4 nitrogen and oxygen atoms in total. The molecule has 8 heteroatoms. The van der Waals surface area contributed by atoms with Gasteiger partial charge in [-0.2, -0.15) is 13.2 Å². The van der Waals surface area contributed by atoms with Crippen molar-refractivity contribution in [3.63, 3.8) is 0 Å². The molecule has 0 radical (unpaired) electrons. The highest BCUT2D eigenvalue weighted by atomic mass is 79.9. The summed E-state index contributed by atoms with van der Waals surface area (Å²) in [5.74, 6) is -0.877. The molecule has 0 amide bonds. The van der Waals surface area contributed by atoms with Crippen LogP contribution >= 0.6 is 0 Å². The van der Waals surface area contributed by atoms with E-state index in [4.69, 9.17) is 4.74 Å². The third-order valence-corrected chi connectivity index (χ3v) is 6.94. The van der Waals surface area contributed by atoms with Crippen molar-refractivity contribution in [1.82, 2.24) is 0 Å². The lowest BCUT2D eigenvalue weighted by Crippen LogP contribution is -3.00. The first-order chi connectivity index (χ1) is 14.9. The Morgan fingerprint density at radius 1 is 0.912 bits per heavy atom. The fourth-order valence-electron chi connectivity index (χ4n) is 4.71. The maximum atomic E-state index is 13.4. The molecule has 4 rings (SSSR count). The van der Waals surface area contributed by atoms with Crippen molar-refractivity contribution in [2.75, 3.05) is 14.1 Å². The number of hydrogen-bond acceptors (Lipinski definition) is 3. The molecule has 0 saturated carbocycles. The van der Waals surface area contributed by atoms with Crippen LogP contribution in [-0.4, -0.2) is 47.8 Å². The first-order valence-corrected chi connectivity index (χ1v) is 10.6. The number of carbonyl (C=O) groups is 1. The lowest BCUT2D eigenvalue weighted by atomic mass is 9.85. The minimum atomic E-state index is -4.51. The smallest absolute Gasteiger partial charge is 0.416 e. The van der Waals surface area contributed by atoms with Crippen LogP contribution in [0.5, 0.6) is 0 Å². The number of benzene rings is 2. The van der Waals surface area contributed by atoms with Gasteiger partial charge in [-0.3, -0.25) is 0 Å². The number of aryl methyl sites for hydroxylation is 1. The highest BCUT2D eigenvalue weighted by Gasteiger charge is 2.49. The lowest BCUT2D eigenvalue weighted by Gasteiger charge is -2.44. The van der Waals surface area contributed by atoms with Crippen molar-refractivity contribution >= 4 is 5.97 Å². The summed E-state index contributed by atoms with van der Waals surface area (Å²) in [7, 11) is 4.27. The number of halogens is 4. The van der Waals surface area contributed by atoms with Crippen LogP contribution in [0.2, 0.25) is 0 Å². The lowest BCUT2D eigenvalue weighted by molar-refractivity contribution is -0.926. The van der Waals surface area contributed by atoms with Crippen molar-refractivity contribution in [3.05, 3.63) is 82.9 Å². The average Bonchev–Trinajstić information content (AvgIpc) is 2.90. The summed E-state index contributed by atoms with van der Waals surface area (Å²) < 4.78 is 45.7. The number of likely N-dealkylation sites (N-methyl/N-ethyl adjacent to an activating group) is 1. The molecule has 2 aliphatic rings. The zero-order valence-electron chi connectivity index (χ0n) is 18.6. The van der Waals surface area contributed by atoms with Crippen molar-refractivity contribution in [3.8, 4) is 0 Å². The number of fused-ring (bicyclic) bond motifs is 2. The van der Waals surface area contributed by atoms with Crippen molar-refractivity contribution in [2.45, 2.75) is 57.2 Å². The Kier molecular flexibility index (Phi) is 8.12. The van der Waals surface area contributed by atoms with E-state index in [9.17, 15) is 23.1 Å². The highest BCUT2D eigenvalue weighted by Crippen LogP contribution is 2.39. The fraction of sp³-hybridized carbons (Fsp3) is 0.423. The van der Waals surface area contributed by atoms with Gasteiger partial charge in [-0.1, -0.05) is 49.4 Å². The number of piperidine rings is 1. The van der Waals surface area contributed by atoms with Gasteiger partial charge in [-0.25, -0.2) is 4.79 Å².